The quantitative estimate of drug-likeness (QED) is 0.912. The van der Waals surface area contributed by atoms with Gasteiger partial charge in [0.2, 0.25) is 0 Å². The van der Waals surface area contributed by atoms with Crippen LogP contribution < -0.4 is 10.2 Å². The maximum Gasteiger partial charge on any atom is 0.322 e. The first-order valence-electron chi connectivity index (χ1n) is 7.83. The van der Waals surface area contributed by atoms with Crippen LogP contribution in [0.5, 0.6) is 0 Å². The van der Waals surface area contributed by atoms with Crippen LogP contribution >= 0.6 is 0 Å². The minimum atomic E-state index is -0.805. The van der Waals surface area contributed by atoms with E-state index in [1.165, 1.54) is 6.07 Å². The Balaban J connectivity index is 1.60. The largest absolute Gasteiger partial charge is 0.368 e. The molecule has 1 aliphatic rings. The minimum absolute atomic E-state index is 0.0458. The predicted octanol–water partition coefficient (Wildman–Crippen LogP) is 3.19. The fraction of sp³-hybridized carbons (Fsp3) is 0.222. The Morgan fingerprint density at radius 3 is 2.52 bits per heavy atom. The minimum Gasteiger partial charge on any atom is -0.368 e. The lowest BCUT2D eigenvalue weighted by atomic mass is 10.2. The number of hydrogen-bond acceptors (Lipinski definition) is 3. The number of carbonyl (C=O) groups excluding carboxylic acids is 1. The van der Waals surface area contributed by atoms with Crippen molar-refractivity contribution < 1.29 is 13.6 Å². The molecule has 0 radical (unpaired) electrons. The summed E-state index contributed by atoms with van der Waals surface area (Å²) in [6, 6.07) is 12.0. The Bertz CT molecular complexity index is 826. The van der Waals surface area contributed by atoms with E-state index in [1.54, 1.807) is 11.0 Å². The monoisotopic (exact) mass is 342 g/mol. The van der Waals surface area contributed by atoms with Gasteiger partial charge in [-0.1, -0.05) is 6.07 Å². The first-order valence-corrected chi connectivity index (χ1v) is 7.83. The van der Waals surface area contributed by atoms with Crippen molar-refractivity contribution >= 4 is 17.4 Å². The number of piperazine rings is 1. The Hall–Kier alpha value is -3.14. The number of nitrogens with one attached hydrogen (secondary N) is 1. The summed E-state index contributed by atoms with van der Waals surface area (Å²) in [4.78, 5) is 15.9. The predicted molar refractivity (Wildman–Crippen MR) is 90.3 cm³/mol. The fourth-order valence-corrected chi connectivity index (χ4v) is 2.73. The van der Waals surface area contributed by atoms with Crippen LogP contribution in [-0.4, -0.2) is 37.1 Å². The van der Waals surface area contributed by atoms with Crippen molar-refractivity contribution in [2.45, 2.75) is 0 Å². The number of carbonyl (C=O) groups is 1. The van der Waals surface area contributed by atoms with E-state index in [1.807, 2.05) is 18.2 Å². The lowest BCUT2D eigenvalue weighted by Gasteiger charge is -2.36. The van der Waals surface area contributed by atoms with Crippen LogP contribution in [0.2, 0.25) is 0 Å². The highest BCUT2D eigenvalue weighted by molar-refractivity contribution is 5.89. The molecular weight excluding hydrogens is 326 g/mol. The van der Waals surface area contributed by atoms with Gasteiger partial charge >= 0.3 is 6.03 Å². The van der Waals surface area contributed by atoms with Gasteiger partial charge in [0.25, 0.3) is 0 Å². The third-order valence-corrected chi connectivity index (χ3v) is 4.08. The molecule has 0 spiro atoms. The summed E-state index contributed by atoms with van der Waals surface area (Å²) < 4.78 is 26.5. The number of nitrogens with zero attached hydrogens (tertiary/aromatic N) is 3. The fourth-order valence-electron chi connectivity index (χ4n) is 2.73. The molecule has 2 aromatic rings. The van der Waals surface area contributed by atoms with Gasteiger partial charge in [0.05, 0.1) is 17.3 Å². The Labute approximate surface area is 144 Å². The number of urea groups is 1. The Morgan fingerprint density at radius 2 is 1.84 bits per heavy atom. The van der Waals surface area contributed by atoms with E-state index in [-0.39, 0.29) is 5.69 Å². The molecule has 0 atom stereocenters. The normalized spacial score (nSPS) is 14.1. The second-order valence-corrected chi connectivity index (χ2v) is 5.69. The molecule has 1 aliphatic heterocycles. The lowest BCUT2D eigenvalue weighted by molar-refractivity contribution is 0.208. The zero-order valence-electron chi connectivity index (χ0n) is 13.4. The molecule has 5 nitrogen and oxygen atoms in total. The Kier molecular flexibility index (Phi) is 4.80. The number of nitriles is 1. The van der Waals surface area contributed by atoms with E-state index >= 15 is 0 Å². The van der Waals surface area contributed by atoms with Crippen molar-refractivity contribution in [1.82, 2.24) is 4.90 Å². The molecule has 2 amide bonds. The average Bonchev–Trinajstić information content (AvgIpc) is 2.64. The van der Waals surface area contributed by atoms with Gasteiger partial charge in [-0.15, -0.1) is 0 Å². The molecule has 0 aliphatic carbocycles. The van der Waals surface area contributed by atoms with E-state index < -0.39 is 17.7 Å². The molecule has 3 rings (SSSR count). The first-order chi connectivity index (χ1) is 12.1. The molecule has 0 unspecified atom stereocenters. The van der Waals surface area contributed by atoms with E-state index in [0.717, 1.165) is 17.8 Å². The summed E-state index contributed by atoms with van der Waals surface area (Å²) in [6.07, 6.45) is 0. The summed E-state index contributed by atoms with van der Waals surface area (Å²) in [5.41, 5.74) is 1.48. The number of anilines is 2. The number of halogens is 2. The van der Waals surface area contributed by atoms with E-state index in [0.29, 0.717) is 31.7 Å². The van der Waals surface area contributed by atoms with Gasteiger partial charge in [-0.05, 0) is 30.3 Å². The molecule has 2 aromatic carbocycles. The van der Waals surface area contributed by atoms with Crippen molar-refractivity contribution in [3.8, 4) is 6.07 Å². The first kappa shape index (κ1) is 16.7. The second-order valence-electron chi connectivity index (χ2n) is 5.69. The molecule has 7 heteroatoms. The van der Waals surface area contributed by atoms with Crippen LogP contribution in [0.15, 0.2) is 42.5 Å². The van der Waals surface area contributed by atoms with Crippen LogP contribution in [0.25, 0.3) is 0 Å². The highest BCUT2D eigenvalue weighted by Gasteiger charge is 2.22. The van der Waals surface area contributed by atoms with Gasteiger partial charge in [-0.3, -0.25) is 0 Å². The van der Waals surface area contributed by atoms with Crippen LogP contribution in [0.3, 0.4) is 0 Å². The molecule has 128 valence electrons. The number of amides is 2. The van der Waals surface area contributed by atoms with Gasteiger partial charge < -0.3 is 15.1 Å². The van der Waals surface area contributed by atoms with Crippen molar-refractivity contribution in [3.63, 3.8) is 0 Å². The van der Waals surface area contributed by atoms with Crippen molar-refractivity contribution in [2.75, 3.05) is 36.4 Å². The zero-order chi connectivity index (χ0) is 17.8. The zero-order valence-corrected chi connectivity index (χ0v) is 13.4. The molecule has 0 aromatic heterocycles. The third-order valence-electron chi connectivity index (χ3n) is 4.08. The average molecular weight is 342 g/mol. The smallest absolute Gasteiger partial charge is 0.322 e. The Morgan fingerprint density at radius 1 is 1.08 bits per heavy atom. The summed E-state index contributed by atoms with van der Waals surface area (Å²) in [7, 11) is 0. The molecule has 0 saturated carbocycles. The maximum absolute atomic E-state index is 13.6. The van der Waals surface area contributed by atoms with Crippen molar-refractivity contribution in [2.24, 2.45) is 0 Å². The lowest BCUT2D eigenvalue weighted by Crippen LogP contribution is -2.50. The molecule has 1 heterocycles. The topological polar surface area (TPSA) is 59.4 Å². The highest BCUT2D eigenvalue weighted by atomic mass is 19.1. The van der Waals surface area contributed by atoms with Gasteiger partial charge in [0, 0.05) is 37.9 Å². The molecule has 25 heavy (non-hydrogen) atoms. The summed E-state index contributed by atoms with van der Waals surface area (Å²) in [5.74, 6) is -1.50. The van der Waals surface area contributed by atoms with Gasteiger partial charge in [-0.25, -0.2) is 13.6 Å². The van der Waals surface area contributed by atoms with Gasteiger partial charge in [-0.2, -0.15) is 5.26 Å². The third kappa shape index (κ3) is 3.86. The second kappa shape index (κ2) is 7.18. The van der Waals surface area contributed by atoms with Crippen LogP contribution in [0.1, 0.15) is 5.56 Å². The van der Waals surface area contributed by atoms with E-state index in [4.69, 9.17) is 5.26 Å². The molecule has 1 N–H and O–H groups in total. The SMILES string of the molecule is N#Cc1cccc(N2CCN(C(=O)Nc3ccc(F)cc3F)CC2)c1. The van der Waals surface area contributed by atoms with Crippen molar-refractivity contribution in [1.29, 1.82) is 5.26 Å². The van der Waals surface area contributed by atoms with Gasteiger partial charge in [0.1, 0.15) is 11.6 Å². The van der Waals surface area contributed by atoms with E-state index in [2.05, 4.69) is 16.3 Å². The maximum atomic E-state index is 13.6. The molecule has 1 fully saturated rings. The number of benzene rings is 2. The highest BCUT2D eigenvalue weighted by Crippen LogP contribution is 2.19. The van der Waals surface area contributed by atoms with Crippen LogP contribution in [-0.2, 0) is 0 Å². The number of rotatable bonds is 2. The van der Waals surface area contributed by atoms with Crippen LogP contribution in [0.4, 0.5) is 25.0 Å². The van der Waals surface area contributed by atoms with E-state index in [9.17, 15) is 13.6 Å². The molecule has 0 bridgehead atoms. The van der Waals surface area contributed by atoms with Crippen molar-refractivity contribution in [3.05, 3.63) is 59.7 Å². The summed E-state index contributed by atoms with van der Waals surface area (Å²) >= 11 is 0. The molecular formula is C18H16F2N4O. The summed E-state index contributed by atoms with van der Waals surface area (Å²) in [5, 5.41) is 11.4. The van der Waals surface area contributed by atoms with Crippen LogP contribution in [0, 0.1) is 23.0 Å². The molecule has 1 saturated heterocycles. The standard InChI is InChI=1S/C18H16F2N4O/c19-14-4-5-17(16(20)11-14)22-18(25)24-8-6-23(7-9-24)15-3-1-2-13(10-15)12-21/h1-5,10-11H,6-9H2,(H,22,25). The van der Waals surface area contributed by atoms with Gasteiger partial charge in [0.15, 0.2) is 0 Å². The number of hydrogen-bond donors (Lipinski definition) is 1. The summed E-state index contributed by atoms with van der Waals surface area (Å²) in [6.45, 7) is 2.14.